The summed E-state index contributed by atoms with van der Waals surface area (Å²) in [4.78, 5) is 28.2. The first-order chi connectivity index (χ1) is 8.65. The second-order valence-corrected chi connectivity index (χ2v) is 3.94. The number of urea groups is 1. The van der Waals surface area contributed by atoms with Crippen molar-refractivity contribution in [3.63, 3.8) is 0 Å². The minimum Gasteiger partial charge on any atom is -0.396 e. The summed E-state index contributed by atoms with van der Waals surface area (Å²) in [6, 6.07) is 1.18. The SMILES string of the molecule is Nc1cc(N2CCC(=O)NC2=O)cn2ncnc12. The van der Waals surface area contributed by atoms with Gasteiger partial charge >= 0.3 is 6.03 Å². The average Bonchev–Trinajstić information content (AvgIpc) is 2.77. The number of anilines is 2. The molecule has 0 radical (unpaired) electrons. The summed E-state index contributed by atoms with van der Waals surface area (Å²) in [5.74, 6) is -0.272. The number of hydrogen-bond donors (Lipinski definition) is 2. The summed E-state index contributed by atoms with van der Waals surface area (Å²) in [7, 11) is 0. The van der Waals surface area contributed by atoms with Gasteiger partial charge in [0.2, 0.25) is 5.91 Å². The average molecular weight is 246 g/mol. The molecular weight excluding hydrogens is 236 g/mol. The van der Waals surface area contributed by atoms with E-state index in [9.17, 15) is 9.59 Å². The highest BCUT2D eigenvalue weighted by Crippen LogP contribution is 2.22. The summed E-state index contributed by atoms with van der Waals surface area (Å²) in [6.07, 6.45) is 3.30. The fraction of sp³-hybridized carbons (Fsp3) is 0.200. The van der Waals surface area contributed by atoms with Crippen molar-refractivity contribution < 1.29 is 9.59 Å². The van der Waals surface area contributed by atoms with E-state index >= 15 is 0 Å². The van der Waals surface area contributed by atoms with Crippen molar-refractivity contribution in [2.24, 2.45) is 0 Å². The van der Waals surface area contributed by atoms with Crippen LogP contribution in [0.5, 0.6) is 0 Å². The maximum Gasteiger partial charge on any atom is 0.328 e. The lowest BCUT2D eigenvalue weighted by Gasteiger charge is -2.26. The number of aromatic nitrogens is 3. The topological polar surface area (TPSA) is 106 Å². The van der Waals surface area contributed by atoms with Gasteiger partial charge in [-0.2, -0.15) is 5.10 Å². The van der Waals surface area contributed by atoms with E-state index in [4.69, 9.17) is 5.73 Å². The molecule has 18 heavy (non-hydrogen) atoms. The molecule has 0 spiro atoms. The number of pyridine rings is 1. The first kappa shape index (κ1) is 10.5. The molecule has 0 atom stereocenters. The van der Waals surface area contributed by atoms with Gasteiger partial charge in [-0.1, -0.05) is 0 Å². The van der Waals surface area contributed by atoms with Gasteiger partial charge in [-0.05, 0) is 6.07 Å². The van der Waals surface area contributed by atoms with Crippen molar-refractivity contribution >= 4 is 29.0 Å². The van der Waals surface area contributed by atoms with Crippen LogP contribution >= 0.6 is 0 Å². The van der Waals surface area contributed by atoms with Gasteiger partial charge in [0.05, 0.1) is 17.6 Å². The van der Waals surface area contributed by atoms with Crippen molar-refractivity contribution in [3.8, 4) is 0 Å². The number of nitrogens with zero attached hydrogens (tertiary/aromatic N) is 4. The minimum atomic E-state index is -0.454. The monoisotopic (exact) mass is 246 g/mol. The van der Waals surface area contributed by atoms with Crippen molar-refractivity contribution in [3.05, 3.63) is 18.6 Å². The Kier molecular flexibility index (Phi) is 2.15. The van der Waals surface area contributed by atoms with Gasteiger partial charge in [0.15, 0.2) is 5.65 Å². The molecule has 8 nitrogen and oxygen atoms in total. The van der Waals surface area contributed by atoms with Crippen molar-refractivity contribution in [2.45, 2.75) is 6.42 Å². The molecule has 1 aliphatic heterocycles. The van der Waals surface area contributed by atoms with Crippen LogP contribution in [0.3, 0.4) is 0 Å². The minimum absolute atomic E-state index is 0.265. The van der Waals surface area contributed by atoms with Crippen LogP contribution in [0.15, 0.2) is 18.6 Å². The molecule has 1 fully saturated rings. The van der Waals surface area contributed by atoms with Gasteiger partial charge in [-0.3, -0.25) is 15.0 Å². The van der Waals surface area contributed by atoms with Crippen molar-refractivity contribution in [2.75, 3.05) is 17.2 Å². The predicted molar refractivity (Wildman–Crippen MR) is 62.9 cm³/mol. The van der Waals surface area contributed by atoms with Crippen molar-refractivity contribution in [1.82, 2.24) is 19.9 Å². The Morgan fingerprint density at radius 3 is 3.00 bits per heavy atom. The highest BCUT2D eigenvalue weighted by atomic mass is 16.2. The molecule has 0 bridgehead atoms. The van der Waals surface area contributed by atoms with E-state index in [0.717, 1.165) is 0 Å². The molecule has 0 aromatic carbocycles. The van der Waals surface area contributed by atoms with Gasteiger partial charge in [0.1, 0.15) is 6.33 Å². The van der Waals surface area contributed by atoms with Crippen LogP contribution in [0.1, 0.15) is 6.42 Å². The predicted octanol–water partition coefficient (Wildman–Crippen LogP) is -0.242. The number of amides is 3. The Morgan fingerprint density at radius 2 is 2.22 bits per heavy atom. The normalized spacial score (nSPS) is 16.1. The standard InChI is InChI=1S/C10H10N6O2/c11-7-3-6(4-16-9(7)12-5-13-16)15-2-1-8(17)14-10(15)18/h3-5H,1-2,11H2,(H,14,17,18). The van der Waals surface area contributed by atoms with E-state index < -0.39 is 6.03 Å². The largest absolute Gasteiger partial charge is 0.396 e. The number of carbonyl (C=O) groups excluding carboxylic acids is 2. The first-order valence-electron chi connectivity index (χ1n) is 5.35. The third kappa shape index (κ3) is 1.54. The second-order valence-electron chi connectivity index (χ2n) is 3.94. The molecule has 1 saturated heterocycles. The number of nitrogens with one attached hydrogen (secondary N) is 1. The van der Waals surface area contributed by atoms with Crippen LogP contribution in [0.2, 0.25) is 0 Å². The zero-order valence-electron chi connectivity index (χ0n) is 9.33. The molecule has 0 saturated carbocycles. The Labute approximate surface area is 101 Å². The fourth-order valence-electron chi connectivity index (χ4n) is 1.90. The second kappa shape index (κ2) is 3.69. The van der Waals surface area contributed by atoms with Gasteiger partial charge in [0.25, 0.3) is 0 Å². The summed E-state index contributed by atoms with van der Waals surface area (Å²) in [6.45, 7) is 0.324. The van der Waals surface area contributed by atoms with E-state index in [-0.39, 0.29) is 12.3 Å². The molecule has 3 amide bonds. The molecule has 3 heterocycles. The van der Waals surface area contributed by atoms with Crippen LogP contribution in [-0.4, -0.2) is 33.1 Å². The maximum atomic E-state index is 11.7. The van der Waals surface area contributed by atoms with E-state index in [1.54, 1.807) is 12.3 Å². The molecule has 0 unspecified atom stereocenters. The lowest BCUT2D eigenvalue weighted by Crippen LogP contribution is -2.49. The lowest BCUT2D eigenvalue weighted by atomic mass is 10.2. The molecule has 1 aliphatic rings. The van der Waals surface area contributed by atoms with Gasteiger partial charge < -0.3 is 5.73 Å². The quantitative estimate of drug-likeness (QED) is 0.722. The van der Waals surface area contributed by atoms with E-state index in [0.29, 0.717) is 23.6 Å². The van der Waals surface area contributed by atoms with Crippen LogP contribution in [0.25, 0.3) is 5.65 Å². The Bertz CT molecular complexity index is 649. The summed E-state index contributed by atoms with van der Waals surface area (Å²) in [5.41, 5.74) is 7.37. The highest BCUT2D eigenvalue weighted by molar-refractivity contribution is 6.05. The number of rotatable bonds is 1. The molecule has 92 valence electrons. The van der Waals surface area contributed by atoms with Crippen LogP contribution in [0, 0.1) is 0 Å². The molecule has 0 aliphatic carbocycles. The zero-order valence-corrected chi connectivity index (χ0v) is 9.33. The van der Waals surface area contributed by atoms with Crippen LogP contribution < -0.4 is 16.0 Å². The number of nitrogens with two attached hydrogens (primary N) is 1. The smallest absolute Gasteiger partial charge is 0.328 e. The molecule has 3 N–H and O–H groups in total. The molecule has 8 heteroatoms. The lowest BCUT2D eigenvalue weighted by molar-refractivity contribution is -0.120. The van der Waals surface area contributed by atoms with Crippen molar-refractivity contribution in [1.29, 1.82) is 0 Å². The third-order valence-electron chi connectivity index (χ3n) is 2.75. The summed E-state index contributed by atoms with van der Waals surface area (Å²) < 4.78 is 1.49. The van der Waals surface area contributed by atoms with Gasteiger partial charge in [0, 0.05) is 13.0 Å². The number of nitrogen functional groups attached to an aromatic ring is 1. The Hall–Kier alpha value is -2.64. The maximum absolute atomic E-state index is 11.7. The van der Waals surface area contributed by atoms with Crippen LogP contribution in [0.4, 0.5) is 16.2 Å². The third-order valence-corrected chi connectivity index (χ3v) is 2.75. The highest BCUT2D eigenvalue weighted by Gasteiger charge is 2.25. The van der Waals surface area contributed by atoms with Crippen LogP contribution in [-0.2, 0) is 4.79 Å². The molecule has 2 aromatic heterocycles. The summed E-state index contributed by atoms with van der Waals surface area (Å²) in [5, 5.41) is 6.23. The molecule has 2 aromatic rings. The van der Waals surface area contributed by atoms with Gasteiger partial charge in [-0.15, -0.1) is 0 Å². The number of fused-ring (bicyclic) bond motifs is 1. The number of hydrogen-bond acceptors (Lipinski definition) is 5. The Morgan fingerprint density at radius 1 is 1.39 bits per heavy atom. The number of imide groups is 1. The molecular formula is C10H10N6O2. The van der Waals surface area contributed by atoms with E-state index in [1.165, 1.54) is 15.7 Å². The Balaban J connectivity index is 2.03. The first-order valence-corrected chi connectivity index (χ1v) is 5.35. The fourth-order valence-corrected chi connectivity index (χ4v) is 1.90. The summed E-state index contributed by atoms with van der Waals surface area (Å²) >= 11 is 0. The van der Waals surface area contributed by atoms with E-state index in [2.05, 4.69) is 15.4 Å². The molecule has 3 rings (SSSR count). The van der Waals surface area contributed by atoms with Gasteiger partial charge in [-0.25, -0.2) is 14.3 Å². The van der Waals surface area contributed by atoms with E-state index in [1.807, 2.05) is 0 Å². The number of carbonyl (C=O) groups is 2. The zero-order chi connectivity index (χ0) is 12.7.